The summed E-state index contributed by atoms with van der Waals surface area (Å²) in [6.45, 7) is 15.5. The fourth-order valence-corrected chi connectivity index (χ4v) is 25.3. The Hall–Kier alpha value is -0.909. The Kier molecular flexibility index (Phi) is 5.30. The quantitative estimate of drug-likeness (QED) is 0.706. The summed E-state index contributed by atoms with van der Waals surface area (Å²) >= 11 is 0. The molecule has 0 atom stereocenters. The third-order valence-corrected chi connectivity index (χ3v) is 22.3. The first-order valence-corrected chi connectivity index (χ1v) is 16.9. The topological polar surface area (TPSA) is 0 Å². The van der Waals surface area contributed by atoms with Crippen LogP contribution >= 0.6 is 0 Å². The summed E-state index contributed by atoms with van der Waals surface area (Å²) in [5.41, 5.74) is 0. The molecule has 0 spiro atoms. The van der Waals surface area contributed by atoms with E-state index in [4.69, 9.17) is 0 Å². The van der Waals surface area contributed by atoms with Gasteiger partial charge in [-0.25, -0.2) is 0 Å². The van der Waals surface area contributed by atoms with Crippen molar-refractivity contribution in [2.45, 2.75) is 44.1 Å². The highest BCUT2D eigenvalue weighted by atomic mass is 28.4. The maximum atomic E-state index is 2.58. The Bertz CT molecular complexity index is 526. The van der Waals surface area contributed by atoms with Crippen LogP contribution in [0.15, 0.2) is 60.7 Å². The van der Waals surface area contributed by atoms with Gasteiger partial charge >= 0.3 is 0 Å². The Morgan fingerprint density at radius 3 is 1.18 bits per heavy atom. The first-order chi connectivity index (χ1) is 10.2. The van der Waals surface area contributed by atoms with Crippen molar-refractivity contribution in [3.05, 3.63) is 60.7 Å². The lowest BCUT2D eigenvalue weighted by molar-refractivity contribution is 1.40. The summed E-state index contributed by atoms with van der Waals surface area (Å²) in [4.78, 5) is 0.926. The van der Waals surface area contributed by atoms with Crippen molar-refractivity contribution in [1.82, 2.24) is 0 Å². The molecular weight excluding hydrogens is 312 g/mol. The number of rotatable bonds is 5. The van der Waals surface area contributed by atoms with Crippen LogP contribution in [0.5, 0.6) is 0 Å². The van der Waals surface area contributed by atoms with Crippen molar-refractivity contribution in [3.8, 4) is 0 Å². The van der Waals surface area contributed by atoms with Crippen LogP contribution in [0.2, 0.25) is 44.1 Å². The molecule has 0 heterocycles. The third kappa shape index (κ3) is 4.09. The van der Waals surface area contributed by atoms with E-state index in [-0.39, 0.29) is 0 Å². The lowest BCUT2D eigenvalue weighted by Gasteiger charge is -2.43. The first-order valence-electron chi connectivity index (χ1n) is 8.19. The standard InChI is InChI=1S/C19H29Si3/c1-21(2,3)19(22(4,5)6)20(17-13-9-7-10-14-17)18-15-11-8-12-16-18/h7-16,19H,1-6H3. The van der Waals surface area contributed by atoms with Crippen LogP contribution in [0, 0.1) is 0 Å². The maximum Gasteiger partial charge on any atom is 0.119 e. The van der Waals surface area contributed by atoms with E-state index in [2.05, 4.69) is 99.9 Å². The van der Waals surface area contributed by atoms with E-state index in [9.17, 15) is 0 Å². The SMILES string of the molecule is C[Si](C)(C)C([Si](c1ccccc1)c1ccccc1)[Si](C)(C)C. The molecule has 2 aromatic carbocycles. The molecule has 0 aliphatic carbocycles. The zero-order valence-corrected chi connectivity index (χ0v) is 17.9. The molecule has 0 amide bonds. The van der Waals surface area contributed by atoms with Gasteiger partial charge in [-0.1, -0.05) is 110 Å². The van der Waals surface area contributed by atoms with Gasteiger partial charge in [-0.15, -0.1) is 0 Å². The zero-order valence-electron chi connectivity index (χ0n) is 14.9. The minimum absolute atomic E-state index is 0.729. The van der Waals surface area contributed by atoms with Crippen molar-refractivity contribution in [1.29, 1.82) is 0 Å². The second kappa shape index (κ2) is 6.69. The minimum atomic E-state index is -1.24. The summed E-state index contributed by atoms with van der Waals surface area (Å²) in [6, 6.07) is 22.6. The fraction of sp³-hybridized carbons (Fsp3) is 0.368. The molecular formula is C19H29Si3. The molecule has 0 N–H and O–H groups in total. The molecule has 2 aromatic rings. The summed E-state index contributed by atoms with van der Waals surface area (Å²) in [5, 5.41) is 3.18. The van der Waals surface area contributed by atoms with Crippen LogP contribution in [0.1, 0.15) is 0 Å². The van der Waals surface area contributed by atoms with E-state index < -0.39 is 24.9 Å². The largest absolute Gasteiger partial charge is 0.119 e. The van der Waals surface area contributed by atoms with E-state index in [0.29, 0.717) is 0 Å². The summed E-state index contributed by atoms with van der Waals surface area (Å²) in [5.74, 6) is 0. The lowest BCUT2D eigenvalue weighted by Crippen LogP contribution is -2.60. The molecule has 1 radical (unpaired) electrons. The van der Waals surface area contributed by atoms with E-state index in [0.717, 1.165) is 4.79 Å². The molecule has 0 nitrogen and oxygen atoms in total. The molecule has 0 saturated carbocycles. The van der Waals surface area contributed by atoms with Gasteiger partial charge in [0.05, 0.1) is 0 Å². The zero-order chi connectivity index (χ0) is 16.4. The van der Waals surface area contributed by atoms with Crippen molar-refractivity contribution >= 4 is 35.3 Å². The summed E-state index contributed by atoms with van der Waals surface area (Å²) in [6.07, 6.45) is 0. The molecule has 0 aliphatic heterocycles. The van der Waals surface area contributed by atoms with Crippen LogP contribution in [0.25, 0.3) is 0 Å². The Balaban J connectivity index is 2.62. The maximum absolute atomic E-state index is 2.58. The van der Waals surface area contributed by atoms with Crippen LogP contribution in [0.3, 0.4) is 0 Å². The van der Waals surface area contributed by atoms with Gasteiger partial charge in [-0.2, -0.15) is 0 Å². The molecule has 0 fully saturated rings. The average Bonchev–Trinajstić information content (AvgIpc) is 2.44. The molecule has 0 saturated heterocycles. The van der Waals surface area contributed by atoms with Crippen molar-refractivity contribution in [2.75, 3.05) is 0 Å². The molecule has 2 rings (SSSR count). The van der Waals surface area contributed by atoms with Crippen molar-refractivity contribution < 1.29 is 0 Å². The average molecular weight is 342 g/mol. The highest BCUT2D eigenvalue weighted by molar-refractivity contribution is 7.13. The number of hydrogen-bond donors (Lipinski definition) is 0. The van der Waals surface area contributed by atoms with Crippen LogP contribution < -0.4 is 10.4 Å². The van der Waals surface area contributed by atoms with Crippen LogP contribution in [-0.2, 0) is 0 Å². The van der Waals surface area contributed by atoms with Gasteiger partial charge in [0.15, 0.2) is 0 Å². The third-order valence-electron chi connectivity index (χ3n) is 4.19. The minimum Gasteiger partial charge on any atom is -0.0697 e. The molecule has 0 unspecified atom stereocenters. The Labute approximate surface area is 140 Å². The number of hydrogen-bond acceptors (Lipinski definition) is 0. The van der Waals surface area contributed by atoms with Gasteiger partial charge < -0.3 is 0 Å². The number of benzene rings is 2. The molecule has 0 aliphatic rings. The lowest BCUT2D eigenvalue weighted by atomic mass is 10.4. The van der Waals surface area contributed by atoms with Crippen molar-refractivity contribution in [2.24, 2.45) is 0 Å². The fourth-order valence-electron chi connectivity index (χ4n) is 3.90. The second-order valence-electron chi connectivity index (χ2n) is 8.31. The van der Waals surface area contributed by atoms with E-state index in [1.165, 1.54) is 0 Å². The van der Waals surface area contributed by atoms with Gasteiger partial charge in [-0.05, 0) is 4.79 Å². The highest BCUT2D eigenvalue weighted by Gasteiger charge is 2.44. The monoisotopic (exact) mass is 341 g/mol. The van der Waals surface area contributed by atoms with E-state index in [1.54, 1.807) is 10.4 Å². The second-order valence-corrected chi connectivity index (χ2v) is 23.2. The summed E-state index contributed by atoms with van der Waals surface area (Å²) < 4.78 is 0. The van der Waals surface area contributed by atoms with E-state index in [1.807, 2.05) is 0 Å². The molecule has 0 aromatic heterocycles. The Morgan fingerprint density at radius 1 is 0.591 bits per heavy atom. The molecule has 0 bridgehead atoms. The smallest absolute Gasteiger partial charge is 0.0697 e. The molecule has 117 valence electrons. The molecule has 3 heteroatoms. The van der Waals surface area contributed by atoms with Gasteiger partial charge in [0.2, 0.25) is 0 Å². The van der Waals surface area contributed by atoms with Gasteiger partial charge in [0.25, 0.3) is 0 Å². The van der Waals surface area contributed by atoms with Crippen molar-refractivity contribution in [3.63, 3.8) is 0 Å². The van der Waals surface area contributed by atoms with E-state index >= 15 is 0 Å². The van der Waals surface area contributed by atoms with Crippen LogP contribution in [0.4, 0.5) is 0 Å². The first kappa shape index (κ1) is 17.4. The van der Waals surface area contributed by atoms with Gasteiger partial charge in [-0.3, -0.25) is 0 Å². The Morgan fingerprint density at radius 2 is 0.909 bits per heavy atom. The summed E-state index contributed by atoms with van der Waals surface area (Å²) in [7, 11) is -3.22. The predicted octanol–water partition coefficient (Wildman–Crippen LogP) is 4.42. The normalized spacial score (nSPS) is 12.9. The molecule has 22 heavy (non-hydrogen) atoms. The predicted molar refractivity (Wildman–Crippen MR) is 108 cm³/mol. The highest BCUT2D eigenvalue weighted by Crippen LogP contribution is 2.34. The van der Waals surface area contributed by atoms with Gasteiger partial charge in [0.1, 0.15) is 8.80 Å². The van der Waals surface area contributed by atoms with Crippen LogP contribution in [-0.4, -0.2) is 24.9 Å². The van der Waals surface area contributed by atoms with Gasteiger partial charge in [0, 0.05) is 16.1 Å².